The minimum Gasteiger partial charge on any atom is -0.461 e. The summed E-state index contributed by atoms with van der Waals surface area (Å²) < 4.78 is 30.8. The first-order valence-corrected chi connectivity index (χ1v) is 8.62. The van der Waals surface area contributed by atoms with E-state index in [4.69, 9.17) is 4.74 Å². The van der Waals surface area contributed by atoms with Gasteiger partial charge in [-0.25, -0.2) is 13.2 Å². The van der Waals surface area contributed by atoms with Crippen molar-refractivity contribution in [3.05, 3.63) is 51.8 Å². The number of carbonyl (C=O) groups excluding carboxylic acids is 1. The lowest BCUT2D eigenvalue weighted by Gasteiger charge is -2.16. The van der Waals surface area contributed by atoms with Crippen LogP contribution in [0.25, 0.3) is 0 Å². The fraction of sp³-hybridized carbons (Fsp3) is 0.286. The number of nitro benzene ring substituents is 1. The molecule has 1 heterocycles. The van der Waals surface area contributed by atoms with E-state index in [0.717, 1.165) is 16.4 Å². The number of aromatic amines is 1. The van der Waals surface area contributed by atoms with E-state index in [1.807, 2.05) is 0 Å². The average Bonchev–Trinajstić information content (AvgIpc) is 3.03. The Labute approximate surface area is 143 Å². The number of rotatable bonds is 7. The van der Waals surface area contributed by atoms with Gasteiger partial charge >= 0.3 is 5.97 Å². The van der Waals surface area contributed by atoms with Gasteiger partial charge in [0.05, 0.1) is 28.7 Å². The normalized spacial score (nSPS) is 11.5. The molecule has 0 spiro atoms. The molecule has 0 saturated carbocycles. The highest BCUT2D eigenvalue weighted by atomic mass is 32.2. The van der Waals surface area contributed by atoms with Gasteiger partial charge in [0.15, 0.2) is 5.69 Å². The number of esters is 1. The van der Waals surface area contributed by atoms with Gasteiger partial charge in [0.2, 0.25) is 10.0 Å². The first-order chi connectivity index (χ1) is 11.8. The smallest absolute Gasteiger partial charge is 0.358 e. The van der Waals surface area contributed by atoms with Gasteiger partial charge in [-0.1, -0.05) is 0 Å². The maximum Gasteiger partial charge on any atom is 0.358 e. The second-order valence-corrected chi connectivity index (χ2v) is 7.06. The second kappa shape index (κ2) is 7.40. The van der Waals surface area contributed by atoms with Crippen LogP contribution >= 0.6 is 0 Å². The molecule has 25 heavy (non-hydrogen) atoms. The molecule has 0 bridgehead atoms. The van der Waals surface area contributed by atoms with E-state index in [1.54, 1.807) is 6.92 Å². The van der Waals surface area contributed by atoms with Gasteiger partial charge in [-0.15, -0.1) is 0 Å². The van der Waals surface area contributed by atoms with Gasteiger partial charge in [0, 0.05) is 19.2 Å². The molecule has 0 amide bonds. The number of nitrogens with one attached hydrogen (secondary N) is 1. The highest BCUT2D eigenvalue weighted by Crippen LogP contribution is 2.20. The van der Waals surface area contributed by atoms with Crippen LogP contribution in [0.15, 0.2) is 35.2 Å². The lowest BCUT2D eigenvalue weighted by atomic mass is 10.3. The third-order valence-electron chi connectivity index (χ3n) is 3.26. The van der Waals surface area contributed by atoms with Gasteiger partial charge in [-0.2, -0.15) is 9.40 Å². The number of aromatic nitrogens is 2. The number of non-ortho nitro benzene ring substituents is 1. The van der Waals surface area contributed by atoms with Crippen LogP contribution in [0.1, 0.15) is 23.1 Å². The van der Waals surface area contributed by atoms with Crippen LogP contribution in [-0.2, 0) is 21.3 Å². The zero-order chi connectivity index (χ0) is 18.6. The Morgan fingerprint density at radius 3 is 2.56 bits per heavy atom. The molecule has 1 aromatic heterocycles. The van der Waals surface area contributed by atoms with Crippen molar-refractivity contribution in [1.29, 1.82) is 0 Å². The maximum atomic E-state index is 12.5. The molecule has 10 nitrogen and oxygen atoms in total. The predicted octanol–water partition coefficient (Wildman–Crippen LogP) is 1.32. The molecule has 0 fully saturated rings. The lowest BCUT2D eigenvalue weighted by Crippen LogP contribution is -2.26. The highest BCUT2D eigenvalue weighted by Gasteiger charge is 2.23. The largest absolute Gasteiger partial charge is 0.461 e. The number of carbonyl (C=O) groups is 1. The summed E-state index contributed by atoms with van der Waals surface area (Å²) in [5.74, 6) is -0.606. The number of sulfonamides is 1. The summed E-state index contributed by atoms with van der Waals surface area (Å²) in [6.45, 7) is 1.80. The van der Waals surface area contributed by atoms with Gasteiger partial charge in [0.25, 0.3) is 5.69 Å². The Kier molecular flexibility index (Phi) is 5.49. The predicted molar refractivity (Wildman–Crippen MR) is 86.3 cm³/mol. The van der Waals surface area contributed by atoms with Crippen molar-refractivity contribution in [2.45, 2.75) is 18.4 Å². The molecule has 0 radical (unpaired) electrons. The minimum absolute atomic E-state index is 0.0537. The van der Waals surface area contributed by atoms with Crippen molar-refractivity contribution in [3.63, 3.8) is 0 Å². The molecule has 0 atom stereocenters. The molecule has 0 aliphatic rings. The number of nitro groups is 1. The average molecular weight is 368 g/mol. The molecule has 2 aromatic rings. The molecule has 0 saturated heterocycles. The Bertz CT molecular complexity index is 875. The summed E-state index contributed by atoms with van der Waals surface area (Å²) in [4.78, 5) is 21.5. The molecule has 0 unspecified atom stereocenters. The molecule has 1 aromatic carbocycles. The SMILES string of the molecule is CCOC(=O)c1cc(CN(C)S(=O)(=O)c2ccc([N+](=O)[O-])cc2)[nH]n1. The van der Waals surface area contributed by atoms with E-state index in [-0.39, 0.29) is 29.4 Å². The van der Waals surface area contributed by atoms with Crippen molar-refractivity contribution in [3.8, 4) is 0 Å². The molecule has 0 aliphatic heterocycles. The number of hydrogen-bond donors (Lipinski definition) is 1. The standard InChI is InChI=1S/C14H16N4O6S/c1-3-24-14(19)13-8-10(15-16-13)9-17(2)25(22,23)12-6-4-11(5-7-12)18(20)21/h4-8H,3,9H2,1-2H3,(H,15,16). The molecular weight excluding hydrogens is 352 g/mol. The first-order valence-electron chi connectivity index (χ1n) is 7.18. The van der Waals surface area contributed by atoms with Crippen LogP contribution in [-0.4, -0.2) is 47.5 Å². The summed E-state index contributed by atoms with van der Waals surface area (Å²) >= 11 is 0. The van der Waals surface area contributed by atoms with E-state index in [2.05, 4.69) is 10.2 Å². The second-order valence-electron chi connectivity index (χ2n) is 5.01. The molecule has 2 rings (SSSR count). The summed E-state index contributed by atoms with van der Waals surface area (Å²) in [6.07, 6.45) is 0. The van der Waals surface area contributed by atoms with E-state index >= 15 is 0 Å². The molecule has 0 aliphatic carbocycles. The summed E-state index contributed by atoms with van der Waals surface area (Å²) in [7, 11) is -2.51. The fourth-order valence-electron chi connectivity index (χ4n) is 2.00. The van der Waals surface area contributed by atoms with Crippen molar-refractivity contribution >= 4 is 21.7 Å². The summed E-state index contributed by atoms with van der Waals surface area (Å²) in [5.41, 5.74) is 0.253. The Hall–Kier alpha value is -2.79. The number of benzene rings is 1. The fourth-order valence-corrected chi connectivity index (χ4v) is 3.15. The van der Waals surface area contributed by atoms with Crippen LogP contribution in [0.3, 0.4) is 0 Å². The van der Waals surface area contributed by atoms with Crippen molar-refractivity contribution < 1.29 is 22.9 Å². The summed E-state index contributed by atoms with van der Waals surface area (Å²) in [6, 6.07) is 5.98. The van der Waals surface area contributed by atoms with Crippen LogP contribution in [0.5, 0.6) is 0 Å². The number of ether oxygens (including phenoxy) is 1. The van der Waals surface area contributed by atoms with Gasteiger partial charge < -0.3 is 4.74 Å². The third-order valence-corrected chi connectivity index (χ3v) is 5.08. The van der Waals surface area contributed by atoms with Crippen LogP contribution < -0.4 is 0 Å². The Balaban J connectivity index is 2.14. The molecule has 1 N–H and O–H groups in total. The van der Waals surface area contributed by atoms with E-state index in [1.165, 1.54) is 25.2 Å². The Morgan fingerprint density at radius 1 is 1.36 bits per heavy atom. The van der Waals surface area contributed by atoms with Crippen molar-refractivity contribution in [1.82, 2.24) is 14.5 Å². The Morgan fingerprint density at radius 2 is 2.00 bits per heavy atom. The monoisotopic (exact) mass is 368 g/mol. The number of nitrogens with zero attached hydrogens (tertiary/aromatic N) is 3. The van der Waals surface area contributed by atoms with E-state index in [0.29, 0.717) is 5.69 Å². The first kappa shape index (κ1) is 18.5. The van der Waals surface area contributed by atoms with Crippen LogP contribution in [0, 0.1) is 10.1 Å². The molecule has 134 valence electrons. The van der Waals surface area contributed by atoms with Crippen molar-refractivity contribution in [2.24, 2.45) is 0 Å². The summed E-state index contributed by atoms with van der Waals surface area (Å²) in [5, 5.41) is 17.0. The quantitative estimate of drug-likeness (QED) is 0.442. The van der Waals surface area contributed by atoms with E-state index < -0.39 is 20.9 Å². The van der Waals surface area contributed by atoms with Crippen LogP contribution in [0.2, 0.25) is 0 Å². The zero-order valence-corrected chi connectivity index (χ0v) is 14.3. The van der Waals surface area contributed by atoms with Gasteiger partial charge in [-0.3, -0.25) is 15.2 Å². The van der Waals surface area contributed by atoms with Gasteiger partial charge in [-0.05, 0) is 25.1 Å². The van der Waals surface area contributed by atoms with Crippen LogP contribution in [0.4, 0.5) is 5.69 Å². The van der Waals surface area contributed by atoms with Crippen molar-refractivity contribution in [2.75, 3.05) is 13.7 Å². The highest BCUT2D eigenvalue weighted by molar-refractivity contribution is 7.89. The third kappa shape index (κ3) is 4.19. The topological polar surface area (TPSA) is 136 Å². The minimum atomic E-state index is -3.85. The molecule has 11 heteroatoms. The lowest BCUT2D eigenvalue weighted by molar-refractivity contribution is -0.384. The number of H-pyrrole nitrogens is 1. The van der Waals surface area contributed by atoms with E-state index in [9.17, 15) is 23.3 Å². The molecular formula is C14H16N4O6S. The number of hydrogen-bond acceptors (Lipinski definition) is 7. The van der Waals surface area contributed by atoms with Gasteiger partial charge in [0.1, 0.15) is 0 Å². The maximum absolute atomic E-state index is 12.5. The zero-order valence-electron chi connectivity index (χ0n) is 13.5.